The van der Waals surface area contributed by atoms with Gasteiger partial charge in [-0.1, -0.05) is 15.9 Å². The SMILES string of the molecule is Cc1cc(NC(=O)C[C@@](C)(O)C(F)(F)F)ccc1Br. The molecule has 106 valence electrons. The molecule has 0 aliphatic rings. The first-order valence-corrected chi connectivity index (χ1v) is 6.17. The number of hydrogen-bond acceptors (Lipinski definition) is 2. The molecule has 1 aromatic carbocycles. The van der Waals surface area contributed by atoms with Crippen molar-refractivity contribution in [1.82, 2.24) is 0 Å². The number of benzene rings is 1. The molecule has 0 fully saturated rings. The molecule has 19 heavy (non-hydrogen) atoms. The van der Waals surface area contributed by atoms with Crippen molar-refractivity contribution in [3.05, 3.63) is 28.2 Å². The average molecular weight is 340 g/mol. The van der Waals surface area contributed by atoms with E-state index in [9.17, 15) is 23.1 Å². The van der Waals surface area contributed by atoms with Crippen LogP contribution in [0.2, 0.25) is 0 Å². The zero-order valence-corrected chi connectivity index (χ0v) is 11.9. The van der Waals surface area contributed by atoms with E-state index in [2.05, 4.69) is 21.2 Å². The van der Waals surface area contributed by atoms with E-state index >= 15 is 0 Å². The Balaban J connectivity index is 2.73. The van der Waals surface area contributed by atoms with Crippen LogP contribution in [0.15, 0.2) is 22.7 Å². The molecular weight excluding hydrogens is 327 g/mol. The fourth-order valence-corrected chi connectivity index (χ4v) is 1.59. The molecule has 1 aromatic rings. The zero-order valence-electron chi connectivity index (χ0n) is 10.3. The molecule has 0 radical (unpaired) electrons. The van der Waals surface area contributed by atoms with Crippen LogP contribution in [0.1, 0.15) is 18.9 Å². The number of alkyl halides is 3. The first-order chi connectivity index (χ1) is 8.53. The predicted octanol–water partition coefficient (Wildman–Crippen LogP) is 3.40. The van der Waals surface area contributed by atoms with E-state index in [1.807, 2.05) is 0 Å². The predicted molar refractivity (Wildman–Crippen MR) is 68.8 cm³/mol. The molecule has 0 unspecified atom stereocenters. The molecule has 1 rings (SSSR count). The van der Waals surface area contributed by atoms with E-state index < -0.39 is 24.1 Å². The van der Waals surface area contributed by atoms with E-state index in [1.165, 1.54) is 0 Å². The lowest BCUT2D eigenvalue weighted by Gasteiger charge is -2.25. The number of halogens is 4. The van der Waals surface area contributed by atoms with Crippen molar-refractivity contribution in [3.8, 4) is 0 Å². The van der Waals surface area contributed by atoms with Crippen LogP contribution in [0, 0.1) is 6.92 Å². The monoisotopic (exact) mass is 339 g/mol. The Kier molecular flexibility index (Phi) is 4.63. The Morgan fingerprint density at radius 3 is 2.47 bits per heavy atom. The van der Waals surface area contributed by atoms with Gasteiger partial charge in [0.25, 0.3) is 0 Å². The van der Waals surface area contributed by atoms with E-state index in [-0.39, 0.29) is 0 Å². The molecule has 1 atom stereocenters. The maximum absolute atomic E-state index is 12.4. The summed E-state index contributed by atoms with van der Waals surface area (Å²) in [6, 6.07) is 4.84. The van der Waals surface area contributed by atoms with Gasteiger partial charge in [-0.3, -0.25) is 4.79 Å². The topological polar surface area (TPSA) is 49.3 Å². The van der Waals surface area contributed by atoms with Crippen molar-refractivity contribution in [1.29, 1.82) is 0 Å². The van der Waals surface area contributed by atoms with Gasteiger partial charge >= 0.3 is 6.18 Å². The highest BCUT2D eigenvalue weighted by atomic mass is 79.9. The maximum Gasteiger partial charge on any atom is 0.417 e. The molecule has 2 N–H and O–H groups in total. The molecule has 0 heterocycles. The second-order valence-electron chi connectivity index (χ2n) is 4.46. The highest BCUT2D eigenvalue weighted by Crippen LogP contribution is 2.32. The first-order valence-electron chi connectivity index (χ1n) is 5.38. The minimum atomic E-state index is -4.85. The number of carbonyl (C=O) groups is 1. The minimum Gasteiger partial charge on any atom is -0.380 e. The van der Waals surface area contributed by atoms with Crippen molar-refractivity contribution >= 4 is 27.5 Å². The van der Waals surface area contributed by atoms with E-state index in [0.717, 1.165) is 10.0 Å². The highest BCUT2D eigenvalue weighted by Gasteiger charge is 2.50. The Hall–Kier alpha value is -1.08. The summed E-state index contributed by atoms with van der Waals surface area (Å²) in [5, 5.41) is 11.5. The van der Waals surface area contributed by atoms with Gasteiger partial charge in [0.1, 0.15) is 0 Å². The van der Waals surface area contributed by atoms with Gasteiger partial charge in [0.05, 0.1) is 6.42 Å². The molecule has 0 bridgehead atoms. The van der Waals surface area contributed by atoms with Gasteiger partial charge in [-0.2, -0.15) is 13.2 Å². The molecule has 0 aromatic heterocycles. The Labute approximate surface area is 116 Å². The third-order valence-electron chi connectivity index (χ3n) is 2.56. The third-order valence-corrected chi connectivity index (χ3v) is 3.45. The summed E-state index contributed by atoms with van der Waals surface area (Å²) in [5.41, 5.74) is -1.83. The lowest BCUT2D eigenvalue weighted by atomic mass is 10.0. The fraction of sp³-hybridized carbons (Fsp3) is 0.417. The zero-order chi connectivity index (χ0) is 14.8. The van der Waals surface area contributed by atoms with Gasteiger partial charge in [0, 0.05) is 10.2 Å². The van der Waals surface area contributed by atoms with Gasteiger partial charge in [0.2, 0.25) is 5.91 Å². The summed E-state index contributed by atoms with van der Waals surface area (Å²) in [4.78, 5) is 11.5. The highest BCUT2D eigenvalue weighted by molar-refractivity contribution is 9.10. The molecule has 1 amide bonds. The van der Waals surface area contributed by atoms with Crippen LogP contribution in [0.5, 0.6) is 0 Å². The number of aryl methyl sites for hydroxylation is 1. The molecular formula is C12H13BrF3NO2. The largest absolute Gasteiger partial charge is 0.417 e. The van der Waals surface area contributed by atoms with Gasteiger partial charge in [-0.05, 0) is 37.6 Å². The van der Waals surface area contributed by atoms with Crippen molar-refractivity contribution in [2.45, 2.75) is 32.0 Å². The minimum absolute atomic E-state index is 0.378. The molecule has 0 aliphatic heterocycles. The van der Waals surface area contributed by atoms with Crippen LogP contribution in [-0.2, 0) is 4.79 Å². The number of hydrogen-bond donors (Lipinski definition) is 2. The van der Waals surface area contributed by atoms with E-state index in [0.29, 0.717) is 12.6 Å². The first kappa shape index (κ1) is 16.0. The summed E-state index contributed by atoms with van der Waals surface area (Å²) < 4.78 is 38.1. The van der Waals surface area contributed by atoms with Crippen LogP contribution in [0.4, 0.5) is 18.9 Å². The van der Waals surface area contributed by atoms with Crippen LogP contribution >= 0.6 is 15.9 Å². The van der Waals surface area contributed by atoms with Crippen molar-refractivity contribution in [2.75, 3.05) is 5.32 Å². The summed E-state index contributed by atoms with van der Waals surface area (Å²) in [5.74, 6) is -0.899. The van der Waals surface area contributed by atoms with E-state index in [4.69, 9.17) is 0 Å². The van der Waals surface area contributed by atoms with Gasteiger partial charge < -0.3 is 10.4 Å². The number of carbonyl (C=O) groups excluding carboxylic acids is 1. The van der Waals surface area contributed by atoms with Crippen LogP contribution in [0.25, 0.3) is 0 Å². The summed E-state index contributed by atoms with van der Waals surface area (Å²) in [7, 11) is 0. The summed E-state index contributed by atoms with van der Waals surface area (Å²) in [6.45, 7) is 2.35. The summed E-state index contributed by atoms with van der Waals surface area (Å²) >= 11 is 3.27. The number of aliphatic hydroxyl groups is 1. The van der Waals surface area contributed by atoms with E-state index in [1.54, 1.807) is 25.1 Å². The van der Waals surface area contributed by atoms with Crippen LogP contribution in [-0.4, -0.2) is 22.8 Å². The molecule has 0 spiro atoms. The quantitative estimate of drug-likeness (QED) is 0.886. The fourth-order valence-electron chi connectivity index (χ4n) is 1.34. The second kappa shape index (κ2) is 5.50. The lowest BCUT2D eigenvalue weighted by molar-refractivity contribution is -0.252. The Morgan fingerprint density at radius 2 is 2.00 bits per heavy atom. The Bertz CT molecular complexity index is 486. The van der Waals surface area contributed by atoms with Crippen molar-refractivity contribution in [3.63, 3.8) is 0 Å². The van der Waals surface area contributed by atoms with Crippen LogP contribution in [0.3, 0.4) is 0 Å². The number of nitrogens with one attached hydrogen (secondary N) is 1. The smallest absolute Gasteiger partial charge is 0.380 e. The van der Waals surface area contributed by atoms with Crippen molar-refractivity contribution in [2.24, 2.45) is 0 Å². The van der Waals surface area contributed by atoms with Gasteiger partial charge in [-0.15, -0.1) is 0 Å². The molecule has 0 saturated carbocycles. The van der Waals surface area contributed by atoms with Crippen LogP contribution < -0.4 is 5.32 Å². The average Bonchev–Trinajstić information content (AvgIpc) is 2.21. The normalized spacial score (nSPS) is 14.9. The number of amides is 1. The number of anilines is 1. The Morgan fingerprint density at radius 1 is 1.42 bits per heavy atom. The molecule has 7 heteroatoms. The molecule has 0 saturated heterocycles. The maximum atomic E-state index is 12.4. The third kappa shape index (κ3) is 4.21. The van der Waals surface area contributed by atoms with Gasteiger partial charge in [0.15, 0.2) is 5.60 Å². The second-order valence-corrected chi connectivity index (χ2v) is 5.31. The van der Waals surface area contributed by atoms with Crippen molar-refractivity contribution < 1.29 is 23.1 Å². The number of rotatable bonds is 3. The lowest BCUT2D eigenvalue weighted by Crippen LogP contribution is -2.44. The summed E-state index contributed by atoms with van der Waals surface area (Å²) in [6.07, 6.45) is -5.90. The van der Waals surface area contributed by atoms with Gasteiger partial charge in [-0.25, -0.2) is 0 Å². The molecule has 3 nitrogen and oxygen atoms in total. The molecule has 0 aliphatic carbocycles. The standard InChI is InChI=1S/C12H13BrF3NO2/c1-7-5-8(3-4-9(7)13)17-10(18)6-11(2,19)12(14,15)16/h3-5,19H,6H2,1-2H3,(H,17,18)/t11-/m1/s1.